The molecule has 0 spiro atoms. The number of carboxylic acids is 1. The maximum atomic E-state index is 12.6. The van der Waals surface area contributed by atoms with Gasteiger partial charge in [-0.1, -0.05) is 84.9 Å². The Labute approximate surface area is 199 Å². The van der Waals surface area contributed by atoms with E-state index in [1.54, 1.807) is 31.4 Å². The van der Waals surface area contributed by atoms with E-state index in [4.69, 9.17) is 14.6 Å². The minimum Gasteiger partial charge on any atom is -0.479 e. The molecule has 2 N–H and O–H groups in total. The normalized spacial score (nSPS) is 18.2. The van der Waals surface area contributed by atoms with E-state index >= 15 is 0 Å². The van der Waals surface area contributed by atoms with Crippen molar-refractivity contribution >= 4 is 11.8 Å². The first kappa shape index (κ1) is 25.3. The Morgan fingerprint density at radius 3 is 1.82 bits per heavy atom. The molecular formula is C28H30O6. The molecule has 34 heavy (non-hydrogen) atoms. The molecule has 0 fully saturated rings. The summed E-state index contributed by atoms with van der Waals surface area (Å²) >= 11 is 0. The van der Waals surface area contributed by atoms with Crippen molar-refractivity contribution in [2.45, 2.75) is 31.2 Å². The molecule has 0 amide bonds. The summed E-state index contributed by atoms with van der Waals surface area (Å²) in [7, 11) is 2.93. The molecule has 6 nitrogen and oxygen atoms in total. The van der Waals surface area contributed by atoms with Crippen LogP contribution in [0.1, 0.15) is 47.0 Å². The monoisotopic (exact) mass is 462 g/mol. The molecule has 3 aromatic carbocycles. The highest BCUT2D eigenvalue weighted by Crippen LogP contribution is 2.38. The number of ether oxygens (including phenoxy) is 2. The average Bonchev–Trinajstić information content (AvgIpc) is 3.17. The summed E-state index contributed by atoms with van der Waals surface area (Å²) in [6.45, 7) is 0. The predicted octanol–water partition coefficient (Wildman–Crippen LogP) is 4.70. The van der Waals surface area contributed by atoms with Crippen LogP contribution < -0.4 is 0 Å². The zero-order chi connectivity index (χ0) is 24.5. The molecule has 0 aliphatic heterocycles. The molecule has 0 aromatic heterocycles. The number of hydrogen-bond acceptors (Lipinski definition) is 5. The lowest BCUT2D eigenvalue weighted by Gasteiger charge is -2.19. The van der Waals surface area contributed by atoms with Gasteiger partial charge in [-0.3, -0.25) is 4.79 Å². The van der Waals surface area contributed by atoms with Gasteiger partial charge < -0.3 is 19.7 Å². The third kappa shape index (κ3) is 6.17. The van der Waals surface area contributed by atoms with Crippen LogP contribution in [0, 0.1) is 5.92 Å². The van der Waals surface area contributed by atoms with Gasteiger partial charge in [0.25, 0.3) is 0 Å². The summed E-state index contributed by atoms with van der Waals surface area (Å²) in [6.07, 6.45) is -0.908. The lowest BCUT2D eigenvalue weighted by Crippen LogP contribution is -2.20. The lowest BCUT2D eigenvalue weighted by molar-refractivity contribution is -0.148. The van der Waals surface area contributed by atoms with E-state index < -0.39 is 24.3 Å². The van der Waals surface area contributed by atoms with E-state index in [-0.39, 0.29) is 11.7 Å². The summed E-state index contributed by atoms with van der Waals surface area (Å²) in [5, 5.41) is 19.1. The number of ketones is 1. The number of hydrogen-bond donors (Lipinski definition) is 2. The van der Waals surface area contributed by atoms with Gasteiger partial charge in [-0.25, -0.2) is 4.79 Å². The minimum absolute atomic E-state index is 0.0190. The van der Waals surface area contributed by atoms with E-state index in [0.717, 1.165) is 23.1 Å². The van der Waals surface area contributed by atoms with Crippen LogP contribution >= 0.6 is 0 Å². The number of carboxylic acid groups (broad SMARTS) is 1. The van der Waals surface area contributed by atoms with Crippen molar-refractivity contribution in [3.63, 3.8) is 0 Å². The minimum atomic E-state index is -0.969. The van der Waals surface area contributed by atoms with Gasteiger partial charge in [-0.05, 0) is 28.7 Å². The van der Waals surface area contributed by atoms with Gasteiger partial charge in [0.2, 0.25) is 0 Å². The SMILES string of the molecule is CO[C@H](C(=O)CC1Cc2ccccc2C1O)c1ccccc1.CO[C@H](C(=O)O)c1ccccc1. The fraction of sp³-hybridized carbons (Fsp3) is 0.286. The number of methoxy groups -OCH3 is 2. The number of rotatable bonds is 8. The van der Waals surface area contributed by atoms with E-state index in [1.165, 1.54) is 7.11 Å². The van der Waals surface area contributed by atoms with Crippen molar-refractivity contribution in [2.24, 2.45) is 5.92 Å². The van der Waals surface area contributed by atoms with Crippen molar-refractivity contribution < 1.29 is 29.3 Å². The fourth-order valence-corrected chi connectivity index (χ4v) is 4.29. The van der Waals surface area contributed by atoms with Crippen molar-refractivity contribution in [3.05, 3.63) is 107 Å². The van der Waals surface area contributed by atoms with Crippen LogP contribution in [0.5, 0.6) is 0 Å². The van der Waals surface area contributed by atoms with Gasteiger partial charge in [-0.15, -0.1) is 0 Å². The van der Waals surface area contributed by atoms with Crippen molar-refractivity contribution in [2.75, 3.05) is 14.2 Å². The molecule has 0 bridgehead atoms. The number of carbonyl (C=O) groups is 2. The van der Waals surface area contributed by atoms with Crippen molar-refractivity contribution in [3.8, 4) is 0 Å². The van der Waals surface area contributed by atoms with Crippen LogP contribution in [0.3, 0.4) is 0 Å². The van der Waals surface area contributed by atoms with Gasteiger partial charge in [-0.2, -0.15) is 0 Å². The molecule has 4 rings (SSSR count). The second kappa shape index (κ2) is 12.2. The molecule has 1 aliphatic carbocycles. The summed E-state index contributed by atoms with van der Waals surface area (Å²) < 4.78 is 10.2. The molecule has 0 saturated heterocycles. The van der Waals surface area contributed by atoms with E-state index in [1.807, 2.05) is 60.7 Å². The Morgan fingerprint density at radius 1 is 0.824 bits per heavy atom. The van der Waals surface area contributed by atoms with E-state index in [9.17, 15) is 14.7 Å². The maximum absolute atomic E-state index is 12.6. The molecule has 4 atom stereocenters. The first-order valence-electron chi connectivity index (χ1n) is 11.1. The average molecular weight is 463 g/mol. The smallest absolute Gasteiger partial charge is 0.337 e. The maximum Gasteiger partial charge on any atom is 0.337 e. The number of Topliss-reactive ketones (excluding diaryl/α,β-unsaturated/α-hetero) is 1. The molecule has 3 aromatic rings. The van der Waals surface area contributed by atoms with Crippen molar-refractivity contribution in [1.29, 1.82) is 0 Å². The molecule has 0 saturated carbocycles. The van der Waals surface area contributed by atoms with Gasteiger partial charge >= 0.3 is 5.97 Å². The Bertz CT molecular complexity index is 1070. The molecular weight excluding hydrogens is 432 g/mol. The molecule has 178 valence electrons. The van der Waals surface area contributed by atoms with Crippen LogP contribution in [0.4, 0.5) is 0 Å². The van der Waals surface area contributed by atoms with E-state index in [0.29, 0.717) is 12.0 Å². The zero-order valence-electron chi connectivity index (χ0n) is 19.3. The second-order valence-corrected chi connectivity index (χ2v) is 8.17. The van der Waals surface area contributed by atoms with Crippen LogP contribution in [-0.2, 0) is 25.5 Å². The topological polar surface area (TPSA) is 93.1 Å². The second-order valence-electron chi connectivity index (χ2n) is 8.17. The lowest BCUT2D eigenvalue weighted by atomic mass is 9.92. The third-order valence-corrected chi connectivity index (χ3v) is 5.96. The van der Waals surface area contributed by atoms with Gasteiger partial charge in [0.1, 0.15) is 6.10 Å². The summed E-state index contributed by atoms with van der Waals surface area (Å²) in [4.78, 5) is 23.2. The summed E-state index contributed by atoms with van der Waals surface area (Å²) in [6, 6.07) is 26.2. The fourth-order valence-electron chi connectivity index (χ4n) is 4.29. The zero-order valence-corrected chi connectivity index (χ0v) is 19.3. The van der Waals surface area contributed by atoms with Gasteiger partial charge in [0, 0.05) is 26.6 Å². The number of aliphatic hydroxyl groups excluding tert-OH is 1. The molecule has 1 aliphatic rings. The predicted molar refractivity (Wildman–Crippen MR) is 128 cm³/mol. The number of benzene rings is 3. The van der Waals surface area contributed by atoms with Gasteiger partial charge in [0.05, 0.1) is 6.10 Å². The van der Waals surface area contributed by atoms with Crippen molar-refractivity contribution in [1.82, 2.24) is 0 Å². The Hall–Kier alpha value is -3.32. The van der Waals surface area contributed by atoms with Crippen LogP contribution in [0.25, 0.3) is 0 Å². The standard InChI is InChI=1S/C19H20O3.C9H10O3/c1-22-19(13-7-3-2-4-8-13)17(20)12-15-11-14-9-5-6-10-16(14)18(15)21;1-12-8(9(10)11)7-5-3-2-4-6-7/h2-10,15,18-19,21H,11-12H2,1H3;2-6,8H,1H3,(H,10,11)/t15?,18?,19-;8-/m00/s1. The molecule has 6 heteroatoms. The summed E-state index contributed by atoms with van der Waals surface area (Å²) in [5.74, 6) is -1.01. The summed E-state index contributed by atoms with van der Waals surface area (Å²) in [5.41, 5.74) is 3.61. The Balaban J connectivity index is 0.000000229. The number of fused-ring (bicyclic) bond motifs is 1. The number of aliphatic carboxylic acids is 1. The highest BCUT2D eigenvalue weighted by molar-refractivity contribution is 5.84. The first-order chi connectivity index (χ1) is 16.5. The number of carbonyl (C=O) groups excluding carboxylic acids is 1. The Kier molecular flexibility index (Phi) is 9.10. The van der Waals surface area contributed by atoms with E-state index in [2.05, 4.69) is 0 Å². The third-order valence-electron chi connectivity index (χ3n) is 5.96. The molecule has 2 unspecified atom stereocenters. The molecule has 0 heterocycles. The van der Waals surface area contributed by atoms with Crippen LogP contribution in [0.15, 0.2) is 84.9 Å². The highest BCUT2D eigenvalue weighted by Gasteiger charge is 2.34. The Morgan fingerprint density at radius 2 is 1.32 bits per heavy atom. The highest BCUT2D eigenvalue weighted by atomic mass is 16.5. The van der Waals surface area contributed by atoms with Gasteiger partial charge in [0.15, 0.2) is 11.9 Å². The quantitative estimate of drug-likeness (QED) is 0.504. The first-order valence-corrected chi connectivity index (χ1v) is 11.1. The number of aliphatic hydroxyl groups is 1. The molecule has 0 radical (unpaired) electrons. The van der Waals surface area contributed by atoms with Crippen LogP contribution in [-0.4, -0.2) is 36.2 Å². The largest absolute Gasteiger partial charge is 0.479 e. The van der Waals surface area contributed by atoms with Crippen LogP contribution in [0.2, 0.25) is 0 Å².